The predicted molar refractivity (Wildman–Crippen MR) is 99.0 cm³/mol. The summed E-state index contributed by atoms with van der Waals surface area (Å²) in [4.78, 5) is 15.5. The van der Waals surface area contributed by atoms with Crippen LogP contribution in [-0.2, 0) is 4.79 Å². The number of hydrogen-bond donors (Lipinski definition) is 0. The van der Waals surface area contributed by atoms with Crippen LogP contribution in [0.5, 0.6) is 5.75 Å². The Labute approximate surface area is 153 Å². The molecule has 0 radical (unpaired) electrons. The summed E-state index contributed by atoms with van der Waals surface area (Å²) < 4.78 is 5.74. The summed E-state index contributed by atoms with van der Waals surface area (Å²) >= 11 is 6.05. The van der Waals surface area contributed by atoms with Gasteiger partial charge >= 0.3 is 5.97 Å². The van der Waals surface area contributed by atoms with Crippen molar-refractivity contribution in [2.45, 2.75) is 37.3 Å². The number of para-hydroxylation sites is 1. The third-order valence-corrected chi connectivity index (χ3v) is 6.05. The van der Waals surface area contributed by atoms with Crippen LogP contribution in [0.3, 0.4) is 0 Å². The molecular formula is C21H22ClNO2. The third-order valence-electron chi connectivity index (χ3n) is 5.80. The van der Waals surface area contributed by atoms with Gasteiger partial charge in [-0.2, -0.15) is 0 Å². The van der Waals surface area contributed by atoms with Gasteiger partial charge in [0.05, 0.1) is 5.92 Å². The van der Waals surface area contributed by atoms with Gasteiger partial charge in [-0.15, -0.1) is 0 Å². The van der Waals surface area contributed by atoms with Crippen molar-refractivity contribution >= 4 is 17.6 Å². The Balaban J connectivity index is 1.64. The predicted octanol–water partition coefficient (Wildman–Crippen LogP) is 4.51. The van der Waals surface area contributed by atoms with Crippen molar-refractivity contribution < 1.29 is 9.53 Å². The minimum atomic E-state index is -0.148. The number of esters is 1. The fourth-order valence-corrected chi connectivity index (χ4v) is 4.64. The maximum atomic E-state index is 13.1. The number of nitrogens with zero attached hydrogens (tertiary/aromatic N) is 1. The van der Waals surface area contributed by atoms with Crippen molar-refractivity contribution in [2.24, 2.45) is 5.92 Å². The van der Waals surface area contributed by atoms with Gasteiger partial charge in [0.25, 0.3) is 0 Å². The zero-order chi connectivity index (χ0) is 17.4. The molecule has 130 valence electrons. The first-order valence-electron chi connectivity index (χ1n) is 8.87. The number of benzene rings is 2. The molecule has 0 spiro atoms. The van der Waals surface area contributed by atoms with Crippen LogP contribution in [0.4, 0.5) is 0 Å². The lowest BCUT2D eigenvalue weighted by Gasteiger charge is -2.41. The number of ether oxygens (including phenoxy) is 1. The van der Waals surface area contributed by atoms with E-state index in [9.17, 15) is 4.79 Å². The SMILES string of the molecule is CN1C2CCC1[C@@H](C(=O)Oc1ccccc1)[C@@H](c1ccc(Cl)cc1)C2. The lowest BCUT2D eigenvalue weighted by atomic mass is 9.76. The minimum absolute atomic E-state index is 0.122. The molecule has 0 amide bonds. The highest BCUT2D eigenvalue weighted by Crippen LogP contribution is 2.46. The van der Waals surface area contributed by atoms with E-state index in [4.69, 9.17) is 16.3 Å². The Morgan fingerprint density at radius 2 is 1.80 bits per heavy atom. The summed E-state index contributed by atoms with van der Waals surface area (Å²) in [6.07, 6.45) is 3.20. The zero-order valence-corrected chi connectivity index (χ0v) is 15.0. The van der Waals surface area contributed by atoms with Gasteiger partial charge in [0.2, 0.25) is 0 Å². The van der Waals surface area contributed by atoms with E-state index in [2.05, 4.69) is 24.1 Å². The van der Waals surface area contributed by atoms with Crippen LogP contribution in [0, 0.1) is 5.92 Å². The highest BCUT2D eigenvalue weighted by Gasteiger charge is 2.49. The molecular weight excluding hydrogens is 334 g/mol. The van der Waals surface area contributed by atoms with Crippen LogP contribution in [0.25, 0.3) is 0 Å². The summed E-state index contributed by atoms with van der Waals surface area (Å²) in [7, 11) is 2.14. The second kappa shape index (κ2) is 6.81. The van der Waals surface area contributed by atoms with Crippen LogP contribution in [0.15, 0.2) is 54.6 Å². The van der Waals surface area contributed by atoms with Gasteiger partial charge in [-0.3, -0.25) is 9.69 Å². The van der Waals surface area contributed by atoms with Gasteiger partial charge in [0.1, 0.15) is 5.75 Å². The van der Waals surface area contributed by atoms with Gasteiger partial charge in [0, 0.05) is 23.0 Å². The van der Waals surface area contributed by atoms with Crippen molar-refractivity contribution in [3.63, 3.8) is 0 Å². The highest BCUT2D eigenvalue weighted by atomic mass is 35.5. The lowest BCUT2D eigenvalue weighted by molar-refractivity contribution is -0.143. The molecule has 2 aromatic rings. The summed E-state index contributed by atoms with van der Waals surface area (Å²) in [6.45, 7) is 0. The smallest absolute Gasteiger partial charge is 0.316 e. The maximum Gasteiger partial charge on any atom is 0.316 e. The molecule has 2 unspecified atom stereocenters. The van der Waals surface area contributed by atoms with Gasteiger partial charge in [-0.05, 0) is 56.1 Å². The van der Waals surface area contributed by atoms with E-state index in [0.717, 1.165) is 24.3 Å². The van der Waals surface area contributed by atoms with Crippen molar-refractivity contribution in [1.82, 2.24) is 4.90 Å². The number of carbonyl (C=O) groups excluding carboxylic acids is 1. The Bertz CT molecular complexity index is 746. The van der Waals surface area contributed by atoms with E-state index in [1.54, 1.807) is 0 Å². The average molecular weight is 356 g/mol. The van der Waals surface area contributed by atoms with E-state index in [-0.39, 0.29) is 23.8 Å². The van der Waals surface area contributed by atoms with Gasteiger partial charge < -0.3 is 4.74 Å². The van der Waals surface area contributed by atoms with E-state index in [1.807, 2.05) is 42.5 Å². The molecule has 0 aliphatic carbocycles. The van der Waals surface area contributed by atoms with Crippen molar-refractivity contribution in [1.29, 1.82) is 0 Å². The second-order valence-corrected chi connectivity index (χ2v) is 7.55. The Kier molecular flexibility index (Phi) is 4.53. The first-order valence-corrected chi connectivity index (χ1v) is 9.25. The molecule has 4 rings (SSSR count). The topological polar surface area (TPSA) is 29.5 Å². The van der Waals surface area contributed by atoms with Crippen molar-refractivity contribution in [3.8, 4) is 5.75 Å². The van der Waals surface area contributed by atoms with E-state index in [0.29, 0.717) is 11.8 Å². The number of halogens is 1. The van der Waals surface area contributed by atoms with Gasteiger partial charge in [-0.1, -0.05) is 41.9 Å². The molecule has 3 nitrogen and oxygen atoms in total. The number of piperidine rings is 1. The van der Waals surface area contributed by atoms with Gasteiger partial charge in [-0.25, -0.2) is 0 Å². The van der Waals surface area contributed by atoms with Crippen LogP contribution < -0.4 is 4.74 Å². The molecule has 2 bridgehead atoms. The fraction of sp³-hybridized carbons (Fsp3) is 0.381. The lowest BCUT2D eigenvalue weighted by Crippen LogP contribution is -2.49. The molecule has 0 N–H and O–H groups in total. The normalized spacial score (nSPS) is 28.7. The van der Waals surface area contributed by atoms with E-state index in [1.165, 1.54) is 5.56 Å². The third kappa shape index (κ3) is 3.19. The fourth-order valence-electron chi connectivity index (χ4n) is 4.51. The molecule has 4 atom stereocenters. The molecule has 2 saturated heterocycles. The van der Waals surface area contributed by atoms with E-state index >= 15 is 0 Å². The van der Waals surface area contributed by atoms with E-state index < -0.39 is 0 Å². The van der Waals surface area contributed by atoms with Crippen LogP contribution >= 0.6 is 11.6 Å². The Morgan fingerprint density at radius 1 is 1.08 bits per heavy atom. The molecule has 2 aliphatic heterocycles. The van der Waals surface area contributed by atoms with Crippen molar-refractivity contribution in [2.75, 3.05) is 7.05 Å². The monoisotopic (exact) mass is 355 g/mol. The maximum absolute atomic E-state index is 13.1. The molecule has 0 aromatic heterocycles. The Morgan fingerprint density at radius 3 is 2.52 bits per heavy atom. The highest BCUT2D eigenvalue weighted by molar-refractivity contribution is 6.30. The molecule has 2 heterocycles. The summed E-state index contributed by atoms with van der Waals surface area (Å²) in [5, 5.41) is 0.725. The molecule has 4 heteroatoms. The first-order chi connectivity index (χ1) is 12.1. The Hall–Kier alpha value is -1.84. The minimum Gasteiger partial charge on any atom is -0.426 e. The van der Waals surface area contributed by atoms with Crippen LogP contribution in [0.2, 0.25) is 5.02 Å². The van der Waals surface area contributed by atoms with Crippen molar-refractivity contribution in [3.05, 3.63) is 65.2 Å². The average Bonchev–Trinajstić information content (AvgIpc) is 2.86. The van der Waals surface area contributed by atoms with Crippen LogP contribution in [0.1, 0.15) is 30.7 Å². The second-order valence-electron chi connectivity index (χ2n) is 7.12. The summed E-state index contributed by atoms with van der Waals surface area (Å²) in [5.74, 6) is 0.529. The summed E-state index contributed by atoms with van der Waals surface area (Å²) in [5.41, 5.74) is 1.18. The van der Waals surface area contributed by atoms with Crippen LogP contribution in [-0.4, -0.2) is 30.0 Å². The largest absolute Gasteiger partial charge is 0.426 e. The molecule has 0 saturated carbocycles. The number of carbonyl (C=O) groups is 1. The first kappa shape index (κ1) is 16.6. The van der Waals surface area contributed by atoms with Gasteiger partial charge in [0.15, 0.2) is 0 Å². The number of rotatable bonds is 3. The molecule has 2 fully saturated rings. The summed E-state index contributed by atoms with van der Waals surface area (Å²) in [6, 6.07) is 18.1. The standard InChI is InChI=1S/C21H22ClNO2/c1-23-16-11-12-19(23)20(21(24)25-17-5-3-2-4-6-17)18(13-16)14-7-9-15(22)10-8-14/h2-10,16,18-20H,11-13H2,1H3/t16?,18-,19?,20+/m1/s1. The quantitative estimate of drug-likeness (QED) is 0.599. The zero-order valence-electron chi connectivity index (χ0n) is 14.3. The number of hydrogen-bond acceptors (Lipinski definition) is 3. The molecule has 25 heavy (non-hydrogen) atoms. The molecule has 2 aliphatic rings. The number of fused-ring (bicyclic) bond motifs is 2. The molecule has 2 aromatic carbocycles.